The number of hydrogen-bond acceptors (Lipinski definition) is 6. The van der Waals surface area contributed by atoms with Crippen LogP contribution in [-0.4, -0.2) is 40.6 Å². The minimum absolute atomic E-state index is 0.0337. The molecule has 3 aromatic rings. The molecule has 0 saturated heterocycles. The largest absolute Gasteiger partial charge is 0.396 e. The molecule has 0 bridgehead atoms. The fraction of sp³-hybridized carbons (Fsp3) is 0.391. The van der Waals surface area contributed by atoms with Crippen molar-refractivity contribution in [2.24, 2.45) is 5.92 Å². The molecule has 7 nitrogen and oxygen atoms in total. The summed E-state index contributed by atoms with van der Waals surface area (Å²) in [6.07, 6.45) is 5.77. The van der Waals surface area contributed by atoms with E-state index in [1.165, 1.54) is 18.5 Å². The van der Waals surface area contributed by atoms with Gasteiger partial charge in [-0.1, -0.05) is 60.3 Å². The number of aromatic nitrogens is 2. The standard InChI is InChI=1S/C23H26ClN3O4S/c24-20-10-12-21(13-11-20)32(29,30)27(22-5-3-1-2-4-19(22)15-28)14-17-6-8-18(9-7-17)23-25-16-31-26-23/h6-13,16,19,22,28H,1-5,14-15H2/t19-,22+/m1/s1. The molecule has 1 aliphatic rings. The maximum Gasteiger partial charge on any atom is 0.243 e. The van der Waals surface area contributed by atoms with Gasteiger partial charge in [0.25, 0.3) is 0 Å². The van der Waals surface area contributed by atoms with Gasteiger partial charge in [-0.25, -0.2) is 8.42 Å². The van der Waals surface area contributed by atoms with Crippen molar-refractivity contribution in [3.8, 4) is 11.4 Å². The van der Waals surface area contributed by atoms with Crippen LogP contribution in [0.15, 0.2) is 64.3 Å². The van der Waals surface area contributed by atoms with Gasteiger partial charge >= 0.3 is 0 Å². The lowest BCUT2D eigenvalue weighted by molar-refractivity contribution is 0.139. The smallest absolute Gasteiger partial charge is 0.243 e. The average Bonchev–Trinajstić information content (AvgIpc) is 3.24. The number of hydrogen-bond donors (Lipinski definition) is 1. The normalized spacial score (nSPS) is 19.7. The Balaban J connectivity index is 1.69. The van der Waals surface area contributed by atoms with Crippen LogP contribution >= 0.6 is 11.6 Å². The lowest BCUT2D eigenvalue weighted by Gasteiger charge is -2.35. The van der Waals surface area contributed by atoms with E-state index < -0.39 is 10.0 Å². The number of benzene rings is 2. The molecule has 1 aliphatic carbocycles. The summed E-state index contributed by atoms with van der Waals surface area (Å²) in [5.41, 5.74) is 1.63. The van der Waals surface area contributed by atoms with Gasteiger partial charge in [-0.15, -0.1) is 0 Å². The third-order valence-electron chi connectivity index (χ3n) is 6.06. The first-order chi connectivity index (χ1) is 15.5. The van der Waals surface area contributed by atoms with Crippen LogP contribution in [0.25, 0.3) is 11.4 Å². The Morgan fingerprint density at radius 3 is 2.41 bits per heavy atom. The third-order valence-corrected chi connectivity index (χ3v) is 8.19. The van der Waals surface area contributed by atoms with E-state index in [-0.39, 0.29) is 30.0 Å². The molecule has 0 spiro atoms. The molecule has 0 unspecified atom stereocenters. The quantitative estimate of drug-likeness (QED) is 0.504. The molecule has 1 heterocycles. The molecule has 0 aliphatic heterocycles. The Hall–Kier alpha value is -2.26. The van der Waals surface area contributed by atoms with E-state index in [1.54, 1.807) is 16.4 Å². The second kappa shape index (κ2) is 10.1. The van der Waals surface area contributed by atoms with E-state index in [4.69, 9.17) is 16.1 Å². The fourth-order valence-electron chi connectivity index (χ4n) is 4.32. The number of nitrogens with zero attached hydrogens (tertiary/aromatic N) is 3. The van der Waals surface area contributed by atoms with Gasteiger partial charge in [0, 0.05) is 29.8 Å². The number of halogens is 1. The van der Waals surface area contributed by atoms with Crippen molar-refractivity contribution >= 4 is 21.6 Å². The van der Waals surface area contributed by atoms with Gasteiger partial charge in [-0.2, -0.15) is 9.29 Å². The zero-order valence-electron chi connectivity index (χ0n) is 17.6. The van der Waals surface area contributed by atoms with Gasteiger partial charge in [0.1, 0.15) is 0 Å². The van der Waals surface area contributed by atoms with Crippen molar-refractivity contribution in [1.29, 1.82) is 0 Å². The molecule has 4 rings (SSSR count). The maximum atomic E-state index is 13.7. The Morgan fingerprint density at radius 1 is 1.03 bits per heavy atom. The van der Waals surface area contributed by atoms with Gasteiger partial charge in [0.15, 0.2) is 0 Å². The number of rotatable bonds is 7. The summed E-state index contributed by atoms with van der Waals surface area (Å²) in [6.45, 7) is 0.173. The first-order valence-corrected chi connectivity index (χ1v) is 12.5. The Bertz CT molecular complexity index is 1100. The predicted molar refractivity (Wildman–Crippen MR) is 121 cm³/mol. The molecule has 1 saturated carbocycles. The number of aliphatic hydroxyl groups excluding tert-OH is 1. The molecule has 32 heavy (non-hydrogen) atoms. The minimum atomic E-state index is -3.80. The monoisotopic (exact) mass is 475 g/mol. The summed E-state index contributed by atoms with van der Waals surface area (Å²) >= 11 is 5.99. The van der Waals surface area contributed by atoms with Crippen LogP contribution in [0.3, 0.4) is 0 Å². The van der Waals surface area contributed by atoms with Gasteiger partial charge in [0.05, 0.1) is 4.90 Å². The summed E-state index contributed by atoms with van der Waals surface area (Å²) in [4.78, 5) is 4.25. The van der Waals surface area contributed by atoms with Crippen molar-refractivity contribution in [2.45, 2.75) is 49.6 Å². The van der Waals surface area contributed by atoms with Crippen molar-refractivity contribution < 1.29 is 18.0 Å². The molecule has 2 atom stereocenters. The maximum absolute atomic E-state index is 13.7. The van der Waals surface area contributed by atoms with E-state index in [0.29, 0.717) is 10.8 Å². The van der Waals surface area contributed by atoms with Crippen LogP contribution < -0.4 is 0 Å². The van der Waals surface area contributed by atoms with Crippen LogP contribution in [0, 0.1) is 5.92 Å². The SMILES string of the molecule is O=S(=O)(c1ccc(Cl)cc1)N(Cc1ccc(-c2ncon2)cc1)[C@H]1CCCCC[C@@H]1CO. The highest BCUT2D eigenvalue weighted by Crippen LogP contribution is 2.33. The van der Waals surface area contributed by atoms with E-state index in [9.17, 15) is 13.5 Å². The average molecular weight is 476 g/mol. The van der Waals surface area contributed by atoms with Gasteiger partial charge in [-0.05, 0) is 48.6 Å². The summed E-state index contributed by atoms with van der Waals surface area (Å²) in [7, 11) is -3.80. The molecule has 1 fully saturated rings. The molecule has 1 aromatic heterocycles. The predicted octanol–water partition coefficient (Wildman–Crippen LogP) is 4.52. The van der Waals surface area contributed by atoms with Gasteiger partial charge < -0.3 is 9.63 Å². The molecule has 0 radical (unpaired) electrons. The summed E-state index contributed by atoms with van der Waals surface area (Å²) in [6, 6.07) is 13.4. The van der Waals surface area contributed by atoms with E-state index in [0.717, 1.165) is 43.2 Å². The summed E-state index contributed by atoms with van der Waals surface area (Å²) < 4.78 is 33.8. The summed E-state index contributed by atoms with van der Waals surface area (Å²) in [5.74, 6) is 0.379. The molecular weight excluding hydrogens is 450 g/mol. The molecule has 2 aromatic carbocycles. The van der Waals surface area contributed by atoms with Crippen LogP contribution in [0.2, 0.25) is 5.02 Å². The van der Waals surface area contributed by atoms with Crippen molar-refractivity contribution in [2.75, 3.05) is 6.61 Å². The molecule has 9 heteroatoms. The van der Waals surface area contributed by atoms with E-state index in [2.05, 4.69) is 10.1 Å². The first-order valence-electron chi connectivity index (χ1n) is 10.7. The minimum Gasteiger partial charge on any atom is -0.396 e. The van der Waals surface area contributed by atoms with Crippen LogP contribution in [0.4, 0.5) is 0 Å². The van der Waals surface area contributed by atoms with E-state index >= 15 is 0 Å². The zero-order chi connectivity index (χ0) is 22.6. The van der Waals surface area contributed by atoms with E-state index in [1.807, 2.05) is 24.3 Å². The van der Waals surface area contributed by atoms with Crippen molar-refractivity contribution in [1.82, 2.24) is 14.4 Å². The summed E-state index contributed by atoms with van der Waals surface area (Å²) in [5, 5.41) is 14.4. The Labute approximate surface area is 193 Å². The second-order valence-corrected chi connectivity index (χ2v) is 10.4. The third kappa shape index (κ3) is 5.04. The lowest BCUT2D eigenvalue weighted by atomic mass is 9.95. The van der Waals surface area contributed by atoms with Crippen LogP contribution in [0.5, 0.6) is 0 Å². The number of aliphatic hydroxyl groups is 1. The molecule has 0 amide bonds. The zero-order valence-corrected chi connectivity index (χ0v) is 19.2. The van der Waals surface area contributed by atoms with Crippen LogP contribution in [0.1, 0.15) is 37.7 Å². The second-order valence-electron chi connectivity index (χ2n) is 8.10. The molecular formula is C23H26ClN3O4S. The highest BCUT2D eigenvalue weighted by Gasteiger charge is 2.36. The Kier molecular flexibility index (Phi) is 7.25. The lowest BCUT2D eigenvalue weighted by Crippen LogP contribution is -2.44. The van der Waals surface area contributed by atoms with Crippen molar-refractivity contribution in [3.63, 3.8) is 0 Å². The first kappa shape index (κ1) is 22.9. The number of sulfonamides is 1. The Morgan fingerprint density at radius 2 is 1.75 bits per heavy atom. The van der Waals surface area contributed by atoms with Gasteiger partial charge in [0.2, 0.25) is 22.2 Å². The fourth-order valence-corrected chi connectivity index (χ4v) is 6.15. The van der Waals surface area contributed by atoms with Gasteiger partial charge in [-0.3, -0.25) is 0 Å². The van der Waals surface area contributed by atoms with Crippen molar-refractivity contribution in [3.05, 3.63) is 65.5 Å². The van der Waals surface area contributed by atoms with Crippen LogP contribution in [-0.2, 0) is 16.6 Å². The highest BCUT2D eigenvalue weighted by molar-refractivity contribution is 7.89. The molecule has 1 N–H and O–H groups in total. The highest BCUT2D eigenvalue weighted by atomic mass is 35.5. The topological polar surface area (TPSA) is 96.5 Å². The molecule has 170 valence electrons.